The van der Waals surface area contributed by atoms with E-state index in [0.717, 1.165) is 5.56 Å². The van der Waals surface area contributed by atoms with Crippen molar-refractivity contribution in [2.45, 2.75) is 6.54 Å². The molecule has 0 saturated heterocycles. The van der Waals surface area contributed by atoms with Gasteiger partial charge in [0.15, 0.2) is 0 Å². The van der Waals surface area contributed by atoms with Crippen LogP contribution in [-0.4, -0.2) is 13.0 Å². The molecule has 0 aliphatic heterocycles. The number of carbonyl (C=O) groups is 1. The van der Waals surface area contributed by atoms with Gasteiger partial charge in [0.25, 0.3) is 5.91 Å². The highest BCUT2D eigenvalue weighted by Crippen LogP contribution is 2.26. The van der Waals surface area contributed by atoms with E-state index in [9.17, 15) is 4.79 Å². The molecule has 2 rings (SSSR count). The normalized spacial score (nSPS) is 10.2. The number of primary amides is 1. The second-order valence-corrected chi connectivity index (χ2v) is 5.22. The fourth-order valence-corrected chi connectivity index (χ4v) is 2.34. The number of nitrogens with one attached hydrogen (secondary N) is 1. The average molecular weight is 325 g/mol. The van der Waals surface area contributed by atoms with Crippen molar-refractivity contribution in [3.63, 3.8) is 0 Å². The molecule has 0 fully saturated rings. The summed E-state index contributed by atoms with van der Waals surface area (Å²) in [5, 5.41) is 4.13. The molecule has 4 nitrogen and oxygen atoms in total. The highest BCUT2D eigenvalue weighted by Gasteiger charge is 2.09. The molecule has 1 amide bonds. The topological polar surface area (TPSA) is 64.3 Å². The van der Waals surface area contributed by atoms with Gasteiger partial charge in [-0.05, 0) is 35.9 Å². The first kappa shape index (κ1) is 15.5. The van der Waals surface area contributed by atoms with Gasteiger partial charge in [-0.3, -0.25) is 4.79 Å². The average Bonchev–Trinajstić information content (AvgIpc) is 2.46. The maximum atomic E-state index is 11.4. The molecule has 0 bridgehead atoms. The molecule has 6 heteroatoms. The third-order valence-corrected chi connectivity index (χ3v) is 3.48. The van der Waals surface area contributed by atoms with E-state index in [1.807, 2.05) is 6.07 Å². The van der Waals surface area contributed by atoms with Crippen LogP contribution in [0.5, 0.6) is 5.75 Å². The van der Waals surface area contributed by atoms with Crippen LogP contribution in [0.3, 0.4) is 0 Å². The zero-order chi connectivity index (χ0) is 15.4. The first-order chi connectivity index (χ1) is 10.0. The fraction of sp³-hybridized carbons (Fsp3) is 0.133. The van der Waals surface area contributed by atoms with Crippen molar-refractivity contribution in [1.29, 1.82) is 0 Å². The molecule has 2 aromatic rings. The summed E-state index contributed by atoms with van der Waals surface area (Å²) in [5.74, 6) is 0.0810. The SMILES string of the molecule is COc1ccc(CNc2ccc(Cl)cc2C(N)=O)cc1Cl. The fourth-order valence-electron chi connectivity index (χ4n) is 1.89. The molecule has 0 spiro atoms. The predicted octanol–water partition coefficient (Wildman–Crippen LogP) is 3.71. The van der Waals surface area contributed by atoms with E-state index in [-0.39, 0.29) is 0 Å². The van der Waals surface area contributed by atoms with Crippen LogP contribution in [0.4, 0.5) is 5.69 Å². The Hall–Kier alpha value is -1.91. The summed E-state index contributed by atoms with van der Waals surface area (Å²) in [6.45, 7) is 0.492. The molecule has 2 aromatic carbocycles. The highest BCUT2D eigenvalue weighted by atomic mass is 35.5. The molecule has 110 valence electrons. The Labute approximate surface area is 132 Å². The van der Waals surface area contributed by atoms with Crippen molar-refractivity contribution in [3.05, 3.63) is 57.6 Å². The Balaban J connectivity index is 2.16. The smallest absolute Gasteiger partial charge is 0.250 e. The van der Waals surface area contributed by atoms with Crippen LogP contribution in [0.2, 0.25) is 10.0 Å². The number of anilines is 1. The Morgan fingerprint density at radius 2 is 2.00 bits per heavy atom. The first-order valence-electron chi connectivity index (χ1n) is 6.17. The third kappa shape index (κ3) is 3.80. The monoisotopic (exact) mass is 324 g/mol. The van der Waals surface area contributed by atoms with E-state index in [2.05, 4.69) is 5.32 Å². The molecule has 3 N–H and O–H groups in total. The number of ether oxygens (including phenoxy) is 1. The standard InChI is InChI=1S/C15H14Cl2N2O2/c1-21-14-5-2-9(6-12(14)17)8-19-13-4-3-10(16)7-11(13)15(18)20/h2-7,19H,8H2,1H3,(H2,18,20). The van der Waals surface area contributed by atoms with Crippen LogP contribution in [0.15, 0.2) is 36.4 Å². The van der Waals surface area contributed by atoms with E-state index in [0.29, 0.717) is 33.6 Å². The van der Waals surface area contributed by atoms with E-state index in [4.69, 9.17) is 33.7 Å². The first-order valence-corrected chi connectivity index (χ1v) is 6.92. The number of methoxy groups -OCH3 is 1. The quantitative estimate of drug-likeness (QED) is 0.881. The molecule has 0 aliphatic carbocycles. The molecular formula is C15H14Cl2N2O2. The zero-order valence-electron chi connectivity index (χ0n) is 11.3. The van der Waals surface area contributed by atoms with Gasteiger partial charge in [-0.15, -0.1) is 0 Å². The lowest BCUT2D eigenvalue weighted by atomic mass is 10.1. The summed E-state index contributed by atoms with van der Waals surface area (Å²) in [6, 6.07) is 10.4. The number of amides is 1. The summed E-state index contributed by atoms with van der Waals surface area (Å²) < 4.78 is 5.10. The van der Waals surface area contributed by atoms with Gasteiger partial charge in [-0.2, -0.15) is 0 Å². The molecule has 21 heavy (non-hydrogen) atoms. The maximum absolute atomic E-state index is 11.4. The summed E-state index contributed by atoms with van der Waals surface area (Å²) in [6.07, 6.45) is 0. The molecule has 0 atom stereocenters. The highest BCUT2D eigenvalue weighted by molar-refractivity contribution is 6.32. The van der Waals surface area contributed by atoms with Gasteiger partial charge in [-0.25, -0.2) is 0 Å². The lowest BCUT2D eigenvalue weighted by Crippen LogP contribution is -2.14. The van der Waals surface area contributed by atoms with Crippen molar-refractivity contribution in [2.24, 2.45) is 5.73 Å². The molecule has 0 aliphatic rings. The molecule has 0 aromatic heterocycles. The third-order valence-electron chi connectivity index (χ3n) is 2.95. The second kappa shape index (κ2) is 6.70. The number of rotatable bonds is 5. The summed E-state index contributed by atoms with van der Waals surface area (Å²) in [5.41, 5.74) is 7.26. The minimum absolute atomic E-state index is 0.349. The van der Waals surface area contributed by atoms with Crippen LogP contribution in [0.25, 0.3) is 0 Å². The van der Waals surface area contributed by atoms with Gasteiger partial charge < -0.3 is 15.8 Å². The minimum atomic E-state index is -0.534. The van der Waals surface area contributed by atoms with Gasteiger partial charge in [-0.1, -0.05) is 29.3 Å². The summed E-state index contributed by atoms with van der Waals surface area (Å²) in [7, 11) is 1.56. The van der Waals surface area contributed by atoms with E-state index in [1.165, 1.54) is 6.07 Å². The second-order valence-electron chi connectivity index (χ2n) is 4.38. The van der Waals surface area contributed by atoms with Crippen LogP contribution in [0, 0.1) is 0 Å². The molecule has 0 radical (unpaired) electrons. The molecular weight excluding hydrogens is 311 g/mol. The zero-order valence-corrected chi connectivity index (χ0v) is 12.8. The number of hydrogen-bond acceptors (Lipinski definition) is 3. The van der Waals surface area contributed by atoms with Crippen molar-refractivity contribution < 1.29 is 9.53 Å². The molecule has 0 unspecified atom stereocenters. The lowest BCUT2D eigenvalue weighted by molar-refractivity contribution is 0.100. The predicted molar refractivity (Wildman–Crippen MR) is 85.3 cm³/mol. The maximum Gasteiger partial charge on any atom is 0.250 e. The lowest BCUT2D eigenvalue weighted by Gasteiger charge is -2.11. The van der Waals surface area contributed by atoms with Crippen LogP contribution < -0.4 is 15.8 Å². The van der Waals surface area contributed by atoms with Gasteiger partial charge in [0.1, 0.15) is 5.75 Å². The van der Waals surface area contributed by atoms with E-state index >= 15 is 0 Å². The van der Waals surface area contributed by atoms with Gasteiger partial charge in [0, 0.05) is 17.3 Å². The summed E-state index contributed by atoms with van der Waals surface area (Å²) >= 11 is 11.9. The molecule has 0 saturated carbocycles. The van der Waals surface area contributed by atoms with Crippen LogP contribution in [-0.2, 0) is 6.54 Å². The summed E-state index contributed by atoms with van der Waals surface area (Å²) in [4.78, 5) is 11.4. The number of carbonyl (C=O) groups excluding carboxylic acids is 1. The van der Waals surface area contributed by atoms with Crippen molar-refractivity contribution in [3.8, 4) is 5.75 Å². The number of halogens is 2. The number of nitrogens with two attached hydrogens (primary N) is 1. The Bertz CT molecular complexity index is 675. The van der Waals surface area contributed by atoms with Crippen molar-refractivity contribution in [1.82, 2.24) is 0 Å². The Morgan fingerprint density at radius 3 is 2.62 bits per heavy atom. The van der Waals surface area contributed by atoms with Gasteiger partial charge in [0.05, 0.1) is 17.7 Å². The van der Waals surface area contributed by atoms with Crippen LogP contribution >= 0.6 is 23.2 Å². The Kier molecular flexibility index (Phi) is 4.94. The van der Waals surface area contributed by atoms with Crippen LogP contribution in [0.1, 0.15) is 15.9 Å². The van der Waals surface area contributed by atoms with Gasteiger partial charge in [0.2, 0.25) is 0 Å². The number of hydrogen-bond donors (Lipinski definition) is 2. The number of benzene rings is 2. The Morgan fingerprint density at radius 1 is 1.24 bits per heavy atom. The molecule has 0 heterocycles. The van der Waals surface area contributed by atoms with E-state index < -0.39 is 5.91 Å². The van der Waals surface area contributed by atoms with E-state index in [1.54, 1.807) is 31.4 Å². The van der Waals surface area contributed by atoms with Crippen molar-refractivity contribution in [2.75, 3.05) is 12.4 Å². The van der Waals surface area contributed by atoms with Gasteiger partial charge >= 0.3 is 0 Å². The minimum Gasteiger partial charge on any atom is -0.495 e. The largest absolute Gasteiger partial charge is 0.495 e. The van der Waals surface area contributed by atoms with Crippen molar-refractivity contribution >= 4 is 34.8 Å².